The Balaban J connectivity index is 1.77. The standard InChI is InChI=1S/C15H19N5S/c1-3-20(4-2)9-10-21-15-17-14-13(18-19-15)11-7-5-6-8-12(11)16-14/h5-8H,3-4,9-10H2,1-2H3,(H,16,17,19)/p+1. The molecule has 3 rings (SSSR count). The topological polar surface area (TPSA) is 58.9 Å². The van der Waals surface area contributed by atoms with E-state index in [-0.39, 0.29) is 0 Å². The van der Waals surface area contributed by atoms with Crippen LogP contribution in [-0.2, 0) is 0 Å². The third kappa shape index (κ3) is 3.01. The van der Waals surface area contributed by atoms with Gasteiger partial charge in [-0.1, -0.05) is 30.0 Å². The largest absolute Gasteiger partial charge is 0.338 e. The van der Waals surface area contributed by atoms with Crippen molar-refractivity contribution in [3.63, 3.8) is 0 Å². The van der Waals surface area contributed by atoms with E-state index < -0.39 is 0 Å². The first-order valence-electron chi connectivity index (χ1n) is 7.39. The number of nitrogens with zero attached hydrogens (tertiary/aromatic N) is 3. The Morgan fingerprint density at radius 2 is 1.95 bits per heavy atom. The van der Waals surface area contributed by atoms with E-state index in [1.54, 1.807) is 16.7 Å². The van der Waals surface area contributed by atoms with E-state index in [2.05, 4.69) is 34.0 Å². The molecule has 0 aliphatic heterocycles. The normalized spacial score (nSPS) is 11.8. The number of aromatic amines is 1. The van der Waals surface area contributed by atoms with Crippen molar-refractivity contribution in [2.24, 2.45) is 0 Å². The predicted molar refractivity (Wildman–Crippen MR) is 86.8 cm³/mol. The lowest BCUT2D eigenvalue weighted by atomic mass is 10.2. The Morgan fingerprint density at radius 1 is 1.14 bits per heavy atom. The molecule has 0 radical (unpaired) electrons. The summed E-state index contributed by atoms with van der Waals surface area (Å²) < 4.78 is 0. The van der Waals surface area contributed by atoms with Gasteiger partial charge in [-0.05, 0) is 19.9 Å². The number of benzene rings is 1. The van der Waals surface area contributed by atoms with Gasteiger partial charge in [0.25, 0.3) is 0 Å². The molecule has 3 aromatic rings. The quantitative estimate of drug-likeness (QED) is 0.678. The zero-order chi connectivity index (χ0) is 14.7. The molecule has 21 heavy (non-hydrogen) atoms. The van der Waals surface area contributed by atoms with E-state index in [1.165, 1.54) is 0 Å². The molecule has 0 saturated heterocycles. The van der Waals surface area contributed by atoms with Gasteiger partial charge in [0, 0.05) is 10.9 Å². The smallest absolute Gasteiger partial charge is 0.211 e. The molecule has 0 atom stereocenters. The summed E-state index contributed by atoms with van der Waals surface area (Å²) in [5.41, 5.74) is 2.73. The van der Waals surface area contributed by atoms with Gasteiger partial charge in [0.05, 0.1) is 25.4 Å². The van der Waals surface area contributed by atoms with Crippen LogP contribution in [0, 0.1) is 0 Å². The van der Waals surface area contributed by atoms with Crippen molar-refractivity contribution < 1.29 is 4.90 Å². The maximum Gasteiger partial charge on any atom is 0.211 e. The van der Waals surface area contributed by atoms with Crippen LogP contribution in [0.15, 0.2) is 29.4 Å². The molecule has 2 aromatic heterocycles. The molecule has 0 aliphatic rings. The highest BCUT2D eigenvalue weighted by molar-refractivity contribution is 7.99. The van der Waals surface area contributed by atoms with Gasteiger partial charge in [-0.25, -0.2) is 4.98 Å². The second-order valence-electron chi connectivity index (χ2n) is 5.02. The van der Waals surface area contributed by atoms with Gasteiger partial charge in [-0.2, -0.15) is 0 Å². The summed E-state index contributed by atoms with van der Waals surface area (Å²) in [5, 5.41) is 10.4. The summed E-state index contributed by atoms with van der Waals surface area (Å²) in [6.07, 6.45) is 0. The first kappa shape index (κ1) is 14.3. The number of rotatable bonds is 6. The Kier molecular flexibility index (Phi) is 4.36. The lowest BCUT2D eigenvalue weighted by Crippen LogP contribution is -3.11. The van der Waals surface area contributed by atoms with Crippen LogP contribution < -0.4 is 4.90 Å². The molecule has 0 saturated carbocycles. The van der Waals surface area contributed by atoms with Crippen molar-refractivity contribution in [2.45, 2.75) is 19.0 Å². The lowest BCUT2D eigenvalue weighted by molar-refractivity contribution is -0.893. The molecule has 0 amide bonds. The van der Waals surface area contributed by atoms with Crippen LogP contribution in [-0.4, -0.2) is 45.6 Å². The molecule has 0 aliphatic carbocycles. The van der Waals surface area contributed by atoms with E-state index >= 15 is 0 Å². The number of para-hydroxylation sites is 1. The van der Waals surface area contributed by atoms with Gasteiger partial charge in [-0.15, -0.1) is 10.2 Å². The number of hydrogen-bond acceptors (Lipinski definition) is 4. The van der Waals surface area contributed by atoms with Crippen LogP contribution in [0.5, 0.6) is 0 Å². The van der Waals surface area contributed by atoms with E-state index in [0.717, 1.165) is 52.6 Å². The molecule has 5 nitrogen and oxygen atoms in total. The number of hydrogen-bond donors (Lipinski definition) is 2. The molecule has 0 bridgehead atoms. The molecular weight excluding hydrogens is 282 g/mol. The van der Waals surface area contributed by atoms with Crippen molar-refractivity contribution in [3.8, 4) is 0 Å². The summed E-state index contributed by atoms with van der Waals surface area (Å²) in [5.74, 6) is 1.02. The highest BCUT2D eigenvalue weighted by atomic mass is 32.2. The van der Waals surface area contributed by atoms with E-state index in [4.69, 9.17) is 0 Å². The number of thioether (sulfide) groups is 1. The average Bonchev–Trinajstić information content (AvgIpc) is 2.89. The number of quaternary nitrogens is 1. The zero-order valence-electron chi connectivity index (χ0n) is 12.4. The van der Waals surface area contributed by atoms with E-state index in [9.17, 15) is 0 Å². The summed E-state index contributed by atoms with van der Waals surface area (Å²) >= 11 is 1.68. The minimum atomic E-state index is 0.751. The molecule has 0 unspecified atom stereocenters. The lowest BCUT2D eigenvalue weighted by Gasteiger charge is -2.14. The van der Waals surface area contributed by atoms with Gasteiger partial charge in [0.15, 0.2) is 5.65 Å². The third-order valence-corrected chi connectivity index (χ3v) is 4.63. The highest BCUT2D eigenvalue weighted by Crippen LogP contribution is 2.22. The minimum absolute atomic E-state index is 0.751. The van der Waals surface area contributed by atoms with Crippen molar-refractivity contribution in [3.05, 3.63) is 24.3 Å². The molecule has 0 fully saturated rings. The van der Waals surface area contributed by atoms with Crippen LogP contribution in [0.4, 0.5) is 0 Å². The molecule has 2 heterocycles. The Labute approximate surface area is 128 Å². The molecule has 0 spiro atoms. The maximum atomic E-state index is 4.59. The second kappa shape index (κ2) is 6.41. The van der Waals surface area contributed by atoms with Gasteiger partial charge in [0.2, 0.25) is 5.16 Å². The zero-order valence-corrected chi connectivity index (χ0v) is 13.2. The second-order valence-corrected chi connectivity index (χ2v) is 6.08. The highest BCUT2D eigenvalue weighted by Gasteiger charge is 2.09. The minimum Gasteiger partial charge on any atom is -0.338 e. The van der Waals surface area contributed by atoms with Gasteiger partial charge in [0.1, 0.15) is 5.52 Å². The summed E-state index contributed by atoms with van der Waals surface area (Å²) in [6.45, 7) is 7.90. The summed E-state index contributed by atoms with van der Waals surface area (Å²) in [4.78, 5) is 9.49. The van der Waals surface area contributed by atoms with Crippen molar-refractivity contribution in [1.29, 1.82) is 0 Å². The number of aromatic nitrogens is 4. The van der Waals surface area contributed by atoms with Gasteiger partial charge < -0.3 is 9.88 Å². The Morgan fingerprint density at radius 3 is 2.76 bits per heavy atom. The van der Waals surface area contributed by atoms with Crippen LogP contribution in [0.1, 0.15) is 13.8 Å². The fourth-order valence-electron chi connectivity index (χ4n) is 2.46. The van der Waals surface area contributed by atoms with E-state index in [1.807, 2.05) is 24.3 Å². The molecule has 2 N–H and O–H groups in total. The van der Waals surface area contributed by atoms with Crippen LogP contribution in [0.3, 0.4) is 0 Å². The van der Waals surface area contributed by atoms with Crippen molar-refractivity contribution in [1.82, 2.24) is 20.2 Å². The van der Waals surface area contributed by atoms with Crippen molar-refractivity contribution >= 4 is 33.8 Å². The fourth-order valence-corrected chi connectivity index (χ4v) is 3.28. The molecule has 110 valence electrons. The van der Waals surface area contributed by atoms with Crippen molar-refractivity contribution in [2.75, 3.05) is 25.4 Å². The van der Waals surface area contributed by atoms with Crippen LogP contribution in [0.2, 0.25) is 0 Å². The van der Waals surface area contributed by atoms with E-state index in [0.29, 0.717) is 0 Å². The van der Waals surface area contributed by atoms with Crippen LogP contribution in [0.25, 0.3) is 22.1 Å². The summed E-state index contributed by atoms with van der Waals surface area (Å²) in [7, 11) is 0. The monoisotopic (exact) mass is 302 g/mol. The van der Waals surface area contributed by atoms with Crippen LogP contribution >= 0.6 is 11.8 Å². The Hall–Kier alpha value is -1.66. The summed E-state index contributed by atoms with van der Waals surface area (Å²) in [6, 6.07) is 8.09. The number of nitrogens with one attached hydrogen (secondary N) is 2. The maximum absolute atomic E-state index is 4.59. The number of fused-ring (bicyclic) bond motifs is 3. The molecule has 6 heteroatoms. The third-order valence-electron chi connectivity index (χ3n) is 3.79. The number of H-pyrrole nitrogens is 1. The average molecular weight is 302 g/mol. The first-order chi connectivity index (χ1) is 10.3. The predicted octanol–water partition coefficient (Wildman–Crippen LogP) is 1.52. The van der Waals surface area contributed by atoms with Gasteiger partial charge >= 0.3 is 0 Å². The Bertz CT molecular complexity index is 735. The molecule has 1 aromatic carbocycles. The molecular formula is C15H20N5S+. The fraction of sp³-hybridized carbons (Fsp3) is 0.400. The SMILES string of the molecule is CC[NH+](CC)CCSc1nnc2c(n1)[nH]c1ccccc12. The van der Waals surface area contributed by atoms with Gasteiger partial charge in [-0.3, -0.25) is 0 Å². The first-order valence-corrected chi connectivity index (χ1v) is 8.38.